The molecule has 5 rings (SSSR count). The molecular formula is C21H17ClN2O5S. The van der Waals surface area contributed by atoms with E-state index in [1.165, 1.54) is 12.1 Å². The molecule has 0 unspecified atom stereocenters. The Balaban J connectivity index is 1.43. The van der Waals surface area contributed by atoms with E-state index in [0.717, 1.165) is 4.90 Å². The van der Waals surface area contributed by atoms with Crippen LogP contribution in [0.2, 0.25) is 5.02 Å². The second kappa shape index (κ2) is 6.75. The molecule has 2 aromatic carbocycles. The Kier molecular flexibility index (Phi) is 4.37. The van der Waals surface area contributed by atoms with Crippen LogP contribution in [0.5, 0.6) is 0 Å². The highest BCUT2D eigenvalue weighted by atomic mass is 35.5. The summed E-state index contributed by atoms with van der Waals surface area (Å²) in [5, 5.41) is 0.495. The molecule has 154 valence electrons. The van der Waals surface area contributed by atoms with Gasteiger partial charge in [0.15, 0.2) is 0 Å². The number of hydrogen-bond donors (Lipinski definition) is 1. The Morgan fingerprint density at radius 3 is 2.43 bits per heavy atom. The van der Waals surface area contributed by atoms with Gasteiger partial charge in [0.25, 0.3) is 0 Å². The predicted octanol–water partition coefficient (Wildman–Crippen LogP) is 2.13. The Hall–Kier alpha value is -2.52. The standard InChI is InChI=1S/C21H17ClN2O5S/c22-13-6-8-14(9-7-13)24-19(25)17-16-10-11-21(29-16,18(17)20(24)26)12-23-30(27,28)15-4-2-1-3-5-15/h1-11,16-18,23H,12H2/t16-,17-,18+,21+/m0/s1. The van der Waals surface area contributed by atoms with Crippen molar-refractivity contribution in [3.63, 3.8) is 0 Å². The number of nitrogens with one attached hydrogen (secondary N) is 1. The average Bonchev–Trinajstić information content (AvgIpc) is 3.39. The highest BCUT2D eigenvalue weighted by molar-refractivity contribution is 7.89. The maximum Gasteiger partial charge on any atom is 0.241 e. The van der Waals surface area contributed by atoms with Gasteiger partial charge in [0.1, 0.15) is 5.60 Å². The molecule has 0 aromatic heterocycles. The maximum absolute atomic E-state index is 13.3. The minimum atomic E-state index is -3.80. The van der Waals surface area contributed by atoms with Gasteiger partial charge in [-0.1, -0.05) is 42.0 Å². The highest BCUT2D eigenvalue weighted by Crippen LogP contribution is 2.52. The van der Waals surface area contributed by atoms with Gasteiger partial charge in [0.2, 0.25) is 21.8 Å². The maximum atomic E-state index is 13.3. The summed E-state index contributed by atoms with van der Waals surface area (Å²) < 4.78 is 33.8. The van der Waals surface area contributed by atoms with Crippen molar-refractivity contribution in [2.75, 3.05) is 11.4 Å². The molecule has 2 amide bonds. The fourth-order valence-corrected chi connectivity index (χ4v) is 5.67. The van der Waals surface area contributed by atoms with Gasteiger partial charge < -0.3 is 4.74 Å². The van der Waals surface area contributed by atoms with Crippen molar-refractivity contribution in [3.05, 3.63) is 71.8 Å². The third-order valence-corrected chi connectivity index (χ3v) is 7.50. The number of ether oxygens (including phenoxy) is 1. The van der Waals surface area contributed by atoms with Crippen molar-refractivity contribution in [2.45, 2.75) is 16.6 Å². The van der Waals surface area contributed by atoms with Crippen LogP contribution in [-0.2, 0) is 24.3 Å². The van der Waals surface area contributed by atoms with Gasteiger partial charge in [-0.15, -0.1) is 0 Å². The first kappa shape index (κ1) is 19.4. The van der Waals surface area contributed by atoms with E-state index in [-0.39, 0.29) is 17.3 Å². The highest BCUT2D eigenvalue weighted by Gasteiger charge is 2.67. The molecule has 2 saturated heterocycles. The Morgan fingerprint density at radius 2 is 1.73 bits per heavy atom. The second-order valence-electron chi connectivity index (χ2n) is 7.53. The summed E-state index contributed by atoms with van der Waals surface area (Å²) in [4.78, 5) is 27.6. The molecule has 30 heavy (non-hydrogen) atoms. The molecule has 1 N–H and O–H groups in total. The number of carbonyl (C=O) groups excluding carboxylic acids is 2. The molecule has 3 heterocycles. The van der Waals surface area contributed by atoms with E-state index < -0.39 is 39.5 Å². The molecule has 0 aliphatic carbocycles. The van der Waals surface area contributed by atoms with Crippen molar-refractivity contribution in [3.8, 4) is 0 Å². The smallest absolute Gasteiger partial charge is 0.241 e. The third kappa shape index (κ3) is 2.83. The fraction of sp³-hybridized carbons (Fsp3) is 0.238. The van der Waals surface area contributed by atoms with E-state index >= 15 is 0 Å². The van der Waals surface area contributed by atoms with E-state index in [0.29, 0.717) is 10.7 Å². The van der Waals surface area contributed by atoms with Gasteiger partial charge in [0.05, 0.1) is 28.5 Å². The number of anilines is 1. The van der Waals surface area contributed by atoms with Gasteiger partial charge in [-0.3, -0.25) is 9.59 Å². The lowest BCUT2D eigenvalue weighted by atomic mass is 9.77. The summed E-state index contributed by atoms with van der Waals surface area (Å²) in [7, 11) is -3.80. The Bertz CT molecular complexity index is 1170. The summed E-state index contributed by atoms with van der Waals surface area (Å²) in [6.07, 6.45) is 2.86. The number of nitrogens with zero attached hydrogens (tertiary/aromatic N) is 1. The number of fused-ring (bicyclic) bond motifs is 5. The SMILES string of the molecule is O=C1[C@H]2[C@@H]3C=C[C@](CNS(=O)(=O)c4ccccc4)(O3)[C@H]2C(=O)N1c1ccc(Cl)cc1. The molecule has 4 atom stereocenters. The zero-order chi connectivity index (χ0) is 21.1. The van der Waals surface area contributed by atoms with Crippen molar-refractivity contribution in [1.29, 1.82) is 0 Å². The van der Waals surface area contributed by atoms with E-state index in [1.807, 2.05) is 0 Å². The van der Waals surface area contributed by atoms with Gasteiger partial charge in [-0.2, -0.15) is 0 Å². The van der Waals surface area contributed by atoms with Crippen LogP contribution in [0.1, 0.15) is 0 Å². The first-order valence-electron chi connectivity index (χ1n) is 9.38. The largest absolute Gasteiger partial charge is 0.361 e. The van der Waals surface area contributed by atoms with Crippen molar-refractivity contribution in [1.82, 2.24) is 4.72 Å². The van der Waals surface area contributed by atoms with Crippen LogP contribution < -0.4 is 9.62 Å². The first-order valence-corrected chi connectivity index (χ1v) is 11.2. The molecule has 9 heteroatoms. The van der Waals surface area contributed by atoms with E-state index in [1.54, 1.807) is 54.6 Å². The van der Waals surface area contributed by atoms with Crippen molar-refractivity contribution < 1.29 is 22.7 Å². The van der Waals surface area contributed by atoms with Crippen LogP contribution in [0.25, 0.3) is 0 Å². The van der Waals surface area contributed by atoms with Crippen molar-refractivity contribution >= 4 is 39.1 Å². The lowest BCUT2D eigenvalue weighted by Gasteiger charge is -2.29. The molecule has 0 saturated carbocycles. The van der Waals surface area contributed by atoms with Crippen LogP contribution in [0.3, 0.4) is 0 Å². The molecule has 0 radical (unpaired) electrons. The van der Waals surface area contributed by atoms with E-state index in [2.05, 4.69) is 4.72 Å². The zero-order valence-electron chi connectivity index (χ0n) is 15.6. The summed E-state index contributed by atoms with van der Waals surface area (Å²) in [5.74, 6) is -2.24. The van der Waals surface area contributed by atoms with Crippen LogP contribution in [-0.4, -0.2) is 38.5 Å². The molecule has 7 nitrogen and oxygen atoms in total. The minimum Gasteiger partial charge on any atom is -0.361 e. The van der Waals surface area contributed by atoms with E-state index in [4.69, 9.17) is 16.3 Å². The Labute approximate surface area is 178 Å². The minimum absolute atomic E-state index is 0.117. The molecule has 2 aromatic rings. The molecular weight excluding hydrogens is 428 g/mol. The predicted molar refractivity (Wildman–Crippen MR) is 109 cm³/mol. The molecule has 3 aliphatic rings. The number of rotatable bonds is 5. The van der Waals surface area contributed by atoms with Crippen LogP contribution >= 0.6 is 11.6 Å². The fourth-order valence-electron chi connectivity index (χ4n) is 4.44. The summed E-state index contributed by atoms with van der Waals surface area (Å²) >= 11 is 5.92. The van der Waals surface area contributed by atoms with E-state index in [9.17, 15) is 18.0 Å². The zero-order valence-corrected chi connectivity index (χ0v) is 17.1. The van der Waals surface area contributed by atoms with Crippen LogP contribution in [0.15, 0.2) is 71.6 Å². The molecule has 3 aliphatic heterocycles. The molecule has 0 spiro atoms. The van der Waals surface area contributed by atoms with Crippen LogP contribution in [0.4, 0.5) is 5.69 Å². The number of carbonyl (C=O) groups is 2. The summed E-state index contributed by atoms with van der Waals surface area (Å²) in [6.45, 7) is -0.147. The number of imide groups is 1. The van der Waals surface area contributed by atoms with Gasteiger partial charge in [0, 0.05) is 11.6 Å². The number of halogens is 1. The van der Waals surface area contributed by atoms with Crippen molar-refractivity contribution in [2.24, 2.45) is 11.8 Å². The lowest BCUT2D eigenvalue weighted by Crippen LogP contribution is -2.48. The quantitative estimate of drug-likeness (QED) is 0.563. The van der Waals surface area contributed by atoms with Gasteiger partial charge in [-0.05, 0) is 36.4 Å². The third-order valence-electron chi connectivity index (χ3n) is 5.83. The van der Waals surface area contributed by atoms with Gasteiger partial charge >= 0.3 is 0 Å². The second-order valence-corrected chi connectivity index (χ2v) is 9.73. The Morgan fingerprint density at radius 1 is 1.03 bits per heavy atom. The first-order chi connectivity index (χ1) is 14.3. The average molecular weight is 445 g/mol. The summed E-state index contributed by atoms with van der Waals surface area (Å²) in [6, 6.07) is 14.4. The van der Waals surface area contributed by atoms with Crippen LogP contribution in [0, 0.1) is 11.8 Å². The number of benzene rings is 2. The molecule has 2 fully saturated rings. The lowest BCUT2D eigenvalue weighted by molar-refractivity contribution is -0.126. The van der Waals surface area contributed by atoms with Gasteiger partial charge in [-0.25, -0.2) is 18.0 Å². The topological polar surface area (TPSA) is 92.8 Å². The molecule has 2 bridgehead atoms. The number of amides is 2. The summed E-state index contributed by atoms with van der Waals surface area (Å²) in [5.41, 5.74) is -0.770. The normalized spacial score (nSPS) is 29.6. The number of hydrogen-bond acceptors (Lipinski definition) is 5. The number of sulfonamides is 1. The monoisotopic (exact) mass is 444 g/mol.